The number of halogens is 3. The lowest BCUT2D eigenvalue weighted by Crippen LogP contribution is -2.41. The van der Waals surface area contributed by atoms with Crippen molar-refractivity contribution >= 4 is 11.6 Å². The number of hydrogen-bond acceptors (Lipinski definition) is 3. The average molecular weight is 319 g/mol. The summed E-state index contributed by atoms with van der Waals surface area (Å²) in [5.74, 6) is 4.28. The molecule has 3 N–H and O–H groups in total. The minimum Gasteiger partial charge on any atom is -0.369 e. The molecule has 0 radical (unpaired) electrons. The van der Waals surface area contributed by atoms with Crippen LogP contribution in [0.1, 0.15) is 45.7 Å². The SMILES string of the molecule is CC1(C)CC(C(NN)c2cc(F)c(Cl)cc2F)C(C)(C)O1. The van der Waals surface area contributed by atoms with Gasteiger partial charge < -0.3 is 4.74 Å². The fraction of sp³-hybridized carbons (Fsp3) is 0.600. The third kappa shape index (κ3) is 3.21. The predicted molar refractivity (Wildman–Crippen MR) is 78.8 cm³/mol. The molecular formula is C15H21ClF2N2O. The van der Waals surface area contributed by atoms with Gasteiger partial charge in [-0.3, -0.25) is 11.3 Å². The lowest BCUT2D eigenvalue weighted by molar-refractivity contribution is -0.0779. The summed E-state index contributed by atoms with van der Waals surface area (Å²) in [6.45, 7) is 7.81. The lowest BCUT2D eigenvalue weighted by atomic mass is 9.79. The van der Waals surface area contributed by atoms with Crippen LogP contribution in [0.5, 0.6) is 0 Å². The Balaban J connectivity index is 2.43. The van der Waals surface area contributed by atoms with Crippen LogP contribution in [0.15, 0.2) is 12.1 Å². The highest BCUT2D eigenvalue weighted by molar-refractivity contribution is 6.30. The minimum atomic E-state index is -0.663. The van der Waals surface area contributed by atoms with E-state index in [1.165, 1.54) is 0 Å². The first kappa shape index (κ1) is 16.6. The summed E-state index contributed by atoms with van der Waals surface area (Å²) in [6.07, 6.45) is 0.679. The van der Waals surface area contributed by atoms with Gasteiger partial charge in [0.1, 0.15) is 11.6 Å². The van der Waals surface area contributed by atoms with Crippen molar-refractivity contribution in [3.05, 3.63) is 34.4 Å². The molecule has 1 aliphatic rings. The van der Waals surface area contributed by atoms with Crippen LogP contribution in [0.3, 0.4) is 0 Å². The van der Waals surface area contributed by atoms with Crippen LogP contribution in [0, 0.1) is 17.6 Å². The summed E-state index contributed by atoms with van der Waals surface area (Å²) >= 11 is 5.60. The molecule has 3 nitrogen and oxygen atoms in total. The van der Waals surface area contributed by atoms with Gasteiger partial charge in [-0.25, -0.2) is 8.78 Å². The summed E-state index contributed by atoms with van der Waals surface area (Å²) in [5.41, 5.74) is 1.92. The molecule has 1 fully saturated rings. The smallest absolute Gasteiger partial charge is 0.142 e. The predicted octanol–water partition coefficient (Wildman–Crippen LogP) is 3.72. The molecular weight excluding hydrogens is 298 g/mol. The van der Waals surface area contributed by atoms with Gasteiger partial charge in [-0.2, -0.15) is 0 Å². The Morgan fingerprint density at radius 1 is 1.29 bits per heavy atom. The second-order valence-corrected chi connectivity index (χ2v) is 7.12. The largest absolute Gasteiger partial charge is 0.369 e. The molecule has 0 aromatic heterocycles. The molecule has 2 rings (SSSR count). The van der Waals surface area contributed by atoms with Crippen molar-refractivity contribution in [1.29, 1.82) is 0 Å². The van der Waals surface area contributed by atoms with Gasteiger partial charge in [0.2, 0.25) is 0 Å². The molecule has 0 saturated carbocycles. The van der Waals surface area contributed by atoms with Gasteiger partial charge in [0.15, 0.2) is 0 Å². The van der Waals surface area contributed by atoms with Crippen LogP contribution in [-0.2, 0) is 4.74 Å². The van der Waals surface area contributed by atoms with Crippen LogP contribution in [0.25, 0.3) is 0 Å². The maximum Gasteiger partial charge on any atom is 0.142 e. The molecule has 1 heterocycles. The first-order chi connectivity index (χ1) is 9.57. The second-order valence-electron chi connectivity index (χ2n) is 6.71. The van der Waals surface area contributed by atoms with Gasteiger partial charge in [0, 0.05) is 11.5 Å². The van der Waals surface area contributed by atoms with Crippen molar-refractivity contribution in [3.63, 3.8) is 0 Å². The molecule has 21 heavy (non-hydrogen) atoms. The summed E-state index contributed by atoms with van der Waals surface area (Å²) in [5, 5.41) is -0.241. The first-order valence-corrected chi connectivity index (χ1v) is 7.26. The summed E-state index contributed by atoms with van der Waals surface area (Å²) in [7, 11) is 0. The number of hydrogen-bond donors (Lipinski definition) is 2. The Kier molecular flexibility index (Phi) is 4.32. The van der Waals surface area contributed by atoms with Crippen molar-refractivity contribution < 1.29 is 13.5 Å². The van der Waals surface area contributed by atoms with E-state index in [4.69, 9.17) is 22.2 Å². The van der Waals surface area contributed by atoms with Gasteiger partial charge in [-0.1, -0.05) is 11.6 Å². The fourth-order valence-electron chi connectivity index (χ4n) is 3.32. The molecule has 1 aliphatic heterocycles. The second kappa shape index (κ2) is 5.47. The molecule has 1 aromatic rings. The molecule has 1 aromatic carbocycles. The zero-order valence-corrected chi connectivity index (χ0v) is 13.4. The van der Waals surface area contributed by atoms with Crippen molar-refractivity contribution in [2.75, 3.05) is 0 Å². The molecule has 6 heteroatoms. The van der Waals surface area contributed by atoms with Crippen LogP contribution < -0.4 is 11.3 Å². The highest BCUT2D eigenvalue weighted by atomic mass is 35.5. The van der Waals surface area contributed by atoms with Crippen molar-refractivity contribution in [3.8, 4) is 0 Å². The number of nitrogens with one attached hydrogen (secondary N) is 1. The Bertz CT molecular complexity index is 549. The molecule has 0 amide bonds. The molecule has 2 atom stereocenters. The highest BCUT2D eigenvalue weighted by Gasteiger charge is 2.49. The van der Waals surface area contributed by atoms with E-state index in [0.29, 0.717) is 6.42 Å². The Hall–Kier alpha value is -0.750. The number of hydrazine groups is 1. The van der Waals surface area contributed by atoms with Crippen LogP contribution >= 0.6 is 11.6 Å². The van der Waals surface area contributed by atoms with Crippen molar-refractivity contribution in [1.82, 2.24) is 5.43 Å². The fourth-order valence-corrected chi connectivity index (χ4v) is 3.47. The van der Waals surface area contributed by atoms with Crippen LogP contribution in [0.4, 0.5) is 8.78 Å². The zero-order valence-electron chi connectivity index (χ0n) is 12.6. The van der Waals surface area contributed by atoms with E-state index in [1.54, 1.807) is 0 Å². The van der Waals surface area contributed by atoms with Gasteiger partial charge in [0.25, 0.3) is 0 Å². The third-order valence-corrected chi connectivity index (χ3v) is 4.39. The third-order valence-electron chi connectivity index (χ3n) is 4.10. The van der Waals surface area contributed by atoms with E-state index in [9.17, 15) is 8.78 Å². The maximum absolute atomic E-state index is 14.2. The summed E-state index contributed by atoms with van der Waals surface area (Å²) in [4.78, 5) is 0. The molecule has 0 bridgehead atoms. The number of benzene rings is 1. The van der Waals surface area contributed by atoms with E-state index < -0.39 is 23.3 Å². The number of nitrogens with two attached hydrogens (primary N) is 1. The average Bonchev–Trinajstić information content (AvgIpc) is 2.55. The zero-order chi connectivity index (χ0) is 16.0. The minimum absolute atomic E-state index is 0.104. The van der Waals surface area contributed by atoms with Gasteiger partial charge in [-0.15, -0.1) is 0 Å². The summed E-state index contributed by atoms with van der Waals surface area (Å²) < 4.78 is 33.9. The summed E-state index contributed by atoms with van der Waals surface area (Å²) in [6, 6.07) is 1.52. The molecule has 0 aliphatic carbocycles. The standard InChI is InChI=1S/C15H21ClF2N2O/c1-14(2)7-9(15(3,4)21-14)13(20-19)8-5-12(18)10(16)6-11(8)17/h5-6,9,13,20H,7,19H2,1-4H3. The van der Waals surface area contributed by atoms with Gasteiger partial charge >= 0.3 is 0 Å². The van der Waals surface area contributed by atoms with E-state index in [-0.39, 0.29) is 22.1 Å². The van der Waals surface area contributed by atoms with Crippen molar-refractivity contribution in [2.24, 2.45) is 11.8 Å². The first-order valence-electron chi connectivity index (χ1n) is 6.88. The Morgan fingerprint density at radius 2 is 1.90 bits per heavy atom. The van der Waals surface area contributed by atoms with Crippen LogP contribution in [0.2, 0.25) is 5.02 Å². The highest BCUT2D eigenvalue weighted by Crippen LogP contribution is 2.48. The van der Waals surface area contributed by atoms with E-state index in [0.717, 1.165) is 12.1 Å². The topological polar surface area (TPSA) is 47.3 Å². The number of ether oxygens (including phenoxy) is 1. The van der Waals surface area contributed by atoms with E-state index in [2.05, 4.69) is 5.43 Å². The van der Waals surface area contributed by atoms with Gasteiger partial charge in [0.05, 0.1) is 22.3 Å². The monoisotopic (exact) mass is 318 g/mol. The Labute approximate surface area is 128 Å². The quantitative estimate of drug-likeness (QED) is 0.507. The van der Waals surface area contributed by atoms with Crippen molar-refractivity contribution in [2.45, 2.75) is 51.4 Å². The van der Waals surface area contributed by atoms with Crippen LogP contribution in [-0.4, -0.2) is 11.2 Å². The Morgan fingerprint density at radius 3 is 2.38 bits per heavy atom. The normalized spacial score (nSPS) is 25.0. The molecule has 1 saturated heterocycles. The van der Waals surface area contributed by atoms with E-state index in [1.807, 2.05) is 27.7 Å². The lowest BCUT2D eigenvalue weighted by Gasteiger charge is -2.33. The maximum atomic E-state index is 14.2. The van der Waals surface area contributed by atoms with E-state index >= 15 is 0 Å². The number of rotatable bonds is 3. The molecule has 2 unspecified atom stereocenters. The molecule has 0 spiro atoms. The molecule has 118 valence electrons. The van der Waals surface area contributed by atoms with Gasteiger partial charge in [-0.05, 0) is 46.2 Å².